The molecule has 2 heterocycles. The van der Waals surface area contributed by atoms with Gasteiger partial charge in [-0.25, -0.2) is 4.79 Å². The van der Waals surface area contributed by atoms with Crippen molar-refractivity contribution in [3.05, 3.63) is 53.9 Å². The number of carbonyl (C=O) groups excluding carboxylic acids is 1. The molecule has 1 aliphatic rings. The van der Waals surface area contributed by atoms with Crippen LogP contribution in [0, 0.1) is 6.92 Å². The van der Waals surface area contributed by atoms with Crippen LogP contribution >= 0.6 is 0 Å². The Hall–Kier alpha value is -2.49. The lowest BCUT2D eigenvalue weighted by molar-refractivity contribution is -0.164. The highest BCUT2D eigenvalue weighted by atomic mass is 32.2. The van der Waals surface area contributed by atoms with Gasteiger partial charge in [-0.05, 0) is 83.7 Å². The van der Waals surface area contributed by atoms with Crippen LogP contribution in [0.1, 0.15) is 51.2 Å². The summed E-state index contributed by atoms with van der Waals surface area (Å²) < 4.78 is 41.4. The lowest BCUT2D eigenvalue weighted by Gasteiger charge is -2.27. The normalized spacial score (nSPS) is 17.4. The maximum atomic E-state index is 12.8. The Morgan fingerprint density at radius 1 is 1.21 bits per heavy atom. The molecule has 0 aliphatic carbocycles. The number of aryl methyl sites for hydroxylation is 2. The smallest absolute Gasteiger partial charge is 0.349 e. The summed E-state index contributed by atoms with van der Waals surface area (Å²) in [6.45, 7) is 8.25. The Bertz CT molecular complexity index is 1060. The third kappa shape index (κ3) is 7.78. The van der Waals surface area contributed by atoms with E-state index in [0.717, 1.165) is 30.5 Å². The van der Waals surface area contributed by atoms with Gasteiger partial charge in [0.2, 0.25) is 6.10 Å². The number of rotatable bonds is 10. The van der Waals surface area contributed by atoms with Crippen molar-refractivity contribution in [1.29, 1.82) is 0 Å². The molecule has 0 amide bonds. The van der Waals surface area contributed by atoms with Gasteiger partial charge in [0, 0.05) is 6.20 Å². The molecule has 1 aromatic carbocycles. The van der Waals surface area contributed by atoms with Crippen molar-refractivity contribution >= 4 is 16.1 Å². The van der Waals surface area contributed by atoms with E-state index >= 15 is 0 Å². The molecule has 9 heteroatoms. The largest absolute Gasteiger partial charge is 0.475 e. The molecule has 186 valence electrons. The van der Waals surface area contributed by atoms with Gasteiger partial charge >= 0.3 is 5.97 Å². The minimum absolute atomic E-state index is 0.0494. The van der Waals surface area contributed by atoms with Crippen LogP contribution in [0.25, 0.3) is 0 Å². The first-order chi connectivity index (χ1) is 16.0. The molecule has 1 N–H and O–H groups in total. The summed E-state index contributed by atoms with van der Waals surface area (Å²) >= 11 is 0. The molecule has 1 unspecified atom stereocenters. The van der Waals surface area contributed by atoms with Gasteiger partial charge in [-0.3, -0.25) is 9.17 Å². The molecule has 1 fully saturated rings. The predicted octanol–water partition coefficient (Wildman–Crippen LogP) is 3.57. The van der Waals surface area contributed by atoms with Gasteiger partial charge in [0.25, 0.3) is 10.1 Å². The maximum absolute atomic E-state index is 12.8. The Balaban J connectivity index is 1.57. The Kier molecular flexibility index (Phi) is 8.67. The Labute approximate surface area is 202 Å². The summed E-state index contributed by atoms with van der Waals surface area (Å²) in [6.07, 6.45) is 5.30. The first-order valence-electron chi connectivity index (χ1n) is 11.6. The highest BCUT2D eigenvalue weighted by Crippen LogP contribution is 2.22. The monoisotopic (exact) mass is 490 g/mol. The molecule has 1 saturated heterocycles. The van der Waals surface area contributed by atoms with E-state index in [1.807, 2.05) is 33.8 Å². The third-order valence-corrected chi connectivity index (χ3v) is 6.62. The molecule has 2 atom stereocenters. The molecule has 0 saturated carbocycles. The number of aromatic nitrogens is 1. The van der Waals surface area contributed by atoms with Crippen LogP contribution in [0.15, 0.2) is 47.6 Å². The standard InChI is InChI=1S/C25H34N2O6S/c1-18-9-11-21(12-10-18)34(29,30)31-14-6-7-19-15-20(17-26-16-19)32-23(22-8-5-13-27-22)24(28)33-25(2,3)4/h9-12,15-17,22-23,27H,5-8,13-14H2,1-4H3/t22-,23?/m0/s1. The van der Waals surface area contributed by atoms with Crippen LogP contribution in [0.2, 0.25) is 0 Å². The van der Waals surface area contributed by atoms with E-state index in [1.165, 1.54) is 12.1 Å². The molecule has 0 bridgehead atoms. The van der Waals surface area contributed by atoms with Crippen LogP contribution in [0.5, 0.6) is 5.75 Å². The van der Waals surface area contributed by atoms with Crippen molar-refractivity contribution in [1.82, 2.24) is 10.3 Å². The van der Waals surface area contributed by atoms with Gasteiger partial charge in [-0.15, -0.1) is 0 Å². The minimum Gasteiger partial charge on any atom is -0.475 e. The molecule has 8 nitrogen and oxygen atoms in total. The van der Waals surface area contributed by atoms with Gasteiger partial charge in [-0.2, -0.15) is 8.42 Å². The number of esters is 1. The van der Waals surface area contributed by atoms with E-state index < -0.39 is 27.8 Å². The van der Waals surface area contributed by atoms with Gasteiger partial charge in [-0.1, -0.05) is 17.7 Å². The van der Waals surface area contributed by atoms with E-state index in [1.54, 1.807) is 24.5 Å². The van der Waals surface area contributed by atoms with E-state index in [0.29, 0.717) is 18.6 Å². The van der Waals surface area contributed by atoms with E-state index in [-0.39, 0.29) is 17.5 Å². The van der Waals surface area contributed by atoms with Crippen molar-refractivity contribution in [3.8, 4) is 5.75 Å². The van der Waals surface area contributed by atoms with Gasteiger partial charge in [0.1, 0.15) is 11.4 Å². The summed E-state index contributed by atoms with van der Waals surface area (Å²) in [5, 5.41) is 3.31. The van der Waals surface area contributed by atoms with Crippen LogP contribution in [0.3, 0.4) is 0 Å². The fraction of sp³-hybridized carbons (Fsp3) is 0.520. The second kappa shape index (κ2) is 11.3. The topological polar surface area (TPSA) is 104 Å². The quantitative estimate of drug-likeness (QED) is 0.306. The molecule has 1 aromatic heterocycles. The molecule has 34 heavy (non-hydrogen) atoms. The summed E-state index contributed by atoms with van der Waals surface area (Å²) in [7, 11) is -3.79. The lowest BCUT2D eigenvalue weighted by atomic mass is 10.1. The van der Waals surface area contributed by atoms with Crippen molar-refractivity contribution < 1.29 is 26.9 Å². The first-order valence-corrected chi connectivity index (χ1v) is 13.0. The van der Waals surface area contributed by atoms with Crippen molar-refractivity contribution in [2.75, 3.05) is 13.2 Å². The van der Waals surface area contributed by atoms with Gasteiger partial charge in [0.15, 0.2) is 0 Å². The van der Waals surface area contributed by atoms with Crippen LogP contribution in [0.4, 0.5) is 0 Å². The zero-order valence-corrected chi connectivity index (χ0v) is 21.1. The molecule has 3 rings (SSSR count). The van der Waals surface area contributed by atoms with Crippen molar-refractivity contribution in [3.63, 3.8) is 0 Å². The Morgan fingerprint density at radius 3 is 2.59 bits per heavy atom. The number of nitrogens with one attached hydrogen (secondary N) is 1. The number of nitrogens with zero attached hydrogens (tertiary/aromatic N) is 1. The number of hydrogen-bond acceptors (Lipinski definition) is 8. The van der Waals surface area contributed by atoms with E-state index in [4.69, 9.17) is 13.7 Å². The lowest BCUT2D eigenvalue weighted by Crippen LogP contribution is -2.47. The highest BCUT2D eigenvalue weighted by molar-refractivity contribution is 7.86. The minimum atomic E-state index is -3.79. The number of benzene rings is 1. The number of carbonyl (C=O) groups is 1. The number of hydrogen-bond donors (Lipinski definition) is 1. The second-order valence-corrected chi connectivity index (χ2v) is 11.1. The average molecular weight is 491 g/mol. The van der Waals surface area contributed by atoms with E-state index in [9.17, 15) is 13.2 Å². The summed E-state index contributed by atoms with van der Waals surface area (Å²) in [4.78, 5) is 17.2. The van der Waals surface area contributed by atoms with Crippen molar-refractivity contribution in [2.45, 2.75) is 76.0 Å². The van der Waals surface area contributed by atoms with Crippen molar-refractivity contribution in [2.24, 2.45) is 0 Å². The van der Waals surface area contributed by atoms with Crippen LogP contribution < -0.4 is 10.1 Å². The van der Waals surface area contributed by atoms with E-state index in [2.05, 4.69) is 10.3 Å². The summed E-state index contributed by atoms with van der Waals surface area (Å²) in [6, 6.07) is 8.23. The van der Waals surface area contributed by atoms with Crippen LogP contribution in [-0.4, -0.2) is 50.3 Å². The molecular formula is C25H34N2O6S. The van der Waals surface area contributed by atoms with Gasteiger partial charge in [0.05, 0.1) is 23.7 Å². The van der Waals surface area contributed by atoms with Gasteiger partial charge < -0.3 is 14.8 Å². The highest BCUT2D eigenvalue weighted by Gasteiger charge is 2.35. The zero-order chi connectivity index (χ0) is 24.8. The fourth-order valence-corrected chi connectivity index (χ4v) is 4.60. The zero-order valence-electron chi connectivity index (χ0n) is 20.2. The number of pyridine rings is 1. The molecular weight excluding hydrogens is 456 g/mol. The number of ether oxygens (including phenoxy) is 2. The molecule has 2 aromatic rings. The molecule has 0 spiro atoms. The average Bonchev–Trinajstić information content (AvgIpc) is 3.29. The molecule has 1 aliphatic heterocycles. The summed E-state index contributed by atoms with van der Waals surface area (Å²) in [5.41, 5.74) is 1.22. The first kappa shape index (κ1) is 26.1. The fourth-order valence-electron chi connectivity index (χ4n) is 3.65. The summed E-state index contributed by atoms with van der Waals surface area (Å²) in [5.74, 6) is 0.0577. The van der Waals surface area contributed by atoms with Crippen LogP contribution in [-0.2, 0) is 30.3 Å². The maximum Gasteiger partial charge on any atom is 0.349 e. The third-order valence-electron chi connectivity index (χ3n) is 5.29. The SMILES string of the molecule is Cc1ccc(S(=O)(=O)OCCCc2cncc(OC(C(=O)OC(C)(C)C)[C@@H]3CCCN3)c2)cc1. The second-order valence-electron chi connectivity index (χ2n) is 9.50. The Morgan fingerprint density at radius 2 is 1.94 bits per heavy atom. The predicted molar refractivity (Wildman–Crippen MR) is 128 cm³/mol. The molecule has 0 radical (unpaired) electrons.